The Balaban J connectivity index is 1.61. The Hall–Kier alpha value is -3.74. The first-order valence-electron chi connectivity index (χ1n) is 8.25. The second kappa shape index (κ2) is 6.21. The molecule has 0 spiro atoms. The van der Waals surface area contributed by atoms with Crippen molar-refractivity contribution in [2.24, 2.45) is 7.05 Å². The van der Waals surface area contributed by atoms with Crippen LogP contribution in [0, 0.1) is 6.92 Å². The average Bonchev–Trinajstić information content (AvgIpc) is 3.20. The number of hydrogen-bond donors (Lipinski definition) is 0. The lowest BCUT2D eigenvalue weighted by atomic mass is 10.0. The highest BCUT2D eigenvalue weighted by Crippen LogP contribution is 2.26. The van der Waals surface area contributed by atoms with Crippen LogP contribution in [0.1, 0.15) is 36.6 Å². The summed E-state index contributed by atoms with van der Waals surface area (Å²) in [6, 6.07) is 11.4. The molecular formula is C20H15N3O4. The van der Waals surface area contributed by atoms with Gasteiger partial charge in [0.15, 0.2) is 0 Å². The predicted octanol–water partition coefficient (Wildman–Crippen LogP) is 2.76. The molecular weight excluding hydrogens is 346 g/mol. The molecule has 2 heterocycles. The van der Waals surface area contributed by atoms with Crippen molar-refractivity contribution in [3.63, 3.8) is 0 Å². The first-order chi connectivity index (χ1) is 13.0. The first-order valence-corrected chi connectivity index (χ1v) is 8.25. The molecule has 0 saturated carbocycles. The number of hydrogen-bond acceptors (Lipinski definition) is 5. The summed E-state index contributed by atoms with van der Waals surface area (Å²) in [5.74, 6) is -2.08. The lowest BCUT2D eigenvalue weighted by Crippen LogP contribution is -2.32. The lowest BCUT2D eigenvalue weighted by molar-refractivity contribution is -0.0584. The fraction of sp³-hybridized carbons (Fsp3) is 0.100. The van der Waals surface area contributed by atoms with Gasteiger partial charge in [0, 0.05) is 18.8 Å². The summed E-state index contributed by atoms with van der Waals surface area (Å²) in [4.78, 5) is 42.3. The van der Waals surface area contributed by atoms with E-state index in [-0.39, 0.29) is 16.7 Å². The van der Waals surface area contributed by atoms with Gasteiger partial charge in [0.05, 0.1) is 22.9 Å². The Bertz CT molecular complexity index is 1070. The SMILES string of the molecule is Cc1ccc(C(=O)ON2C(=O)c3ccccc3C2=O)cc1-c1cnn(C)c1. The van der Waals surface area contributed by atoms with Crippen LogP contribution in [-0.4, -0.2) is 32.6 Å². The molecule has 2 amide bonds. The average molecular weight is 361 g/mol. The van der Waals surface area contributed by atoms with Gasteiger partial charge < -0.3 is 4.84 Å². The fourth-order valence-electron chi connectivity index (χ4n) is 3.01. The maximum atomic E-state index is 12.6. The van der Waals surface area contributed by atoms with Crippen molar-refractivity contribution >= 4 is 17.8 Å². The molecule has 0 N–H and O–H groups in total. The van der Waals surface area contributed by atoms with E-state index < -0.39 is 17.8 Å². The van der Waals surface area contributed by atoms with E-state index in [1.807, 2.05) is 13.1 Å². The van der Waals surface area contributed by atoms with Crippen molar-refractivity contribution in [2.75, 3.05) is 0 Å². The largest absolute Gasteiger partial charge is 0.363 e. The first kappa shape index (κ1) is 16.7. The van der Waals surface area contributed by atoms with Gasteiger partial charge in [-0.25, -0.2) is 4.79 Å². The molecule has 0 bridgehead atoms. The minimum absolute atomic E-state index is 0.218. The molecule has 0 radical (unpaired) electrons. The third kappa shape index (κ3) is 2.79. The number of nitrogens with zero attached hydrogens (tertiary/aromatic N) is 3. The molecule has 1 aliphatic heterocycles. The fourth-order valence-corrected chi connectivity index (χ4v) is 3.01. The van der Waals surface area contributed by atoms with Crippen LogP contribution in [0.4, 0.5) is 0 Å². The Morgan fingerprint density at radius 3 is 2.26 bits per heavy atom. The molecule has 0 atom stereocenters. The normalized spacial score (nSPS) is 13.0. The smallest absolute Gasteiger partial charge is 0.324 e. The predicted molar refractivity (Wildman–Crippen MR) is 95.7 cm³/mol. The Morgan fingerprint density at radius 1 is 1.00 bits per heavy atom. The van der Waals surface area contributed by atoms with Gasteiger partial charge in [0.25, 0.3) is 11.8 Å². The molecule has 134 valence electrons. The number of rotatable bonds is 3. The zero-order valence-electron chi connectivity index (χ0n) is 14.7. The Labute approximate surface area is 154 Å². The maximum Gasteiger partial charge on any atom is 0.363 e. The molecule has 1 aliphatic rings. The van der Waals surface area contributed by atoms with Gasteiger partial charge >= 0.3 is 5.97 Å². The third-order valence-electron chi connectivity index (χ3n) is 4.42. The van der Waals surface area contributed by atoms with Crippen LogP contribution in [0.15, 0.2) is 54.9 Å². The number of carbonyl (C=O) groups excluding carboxylic acids is 3. The van der Waals surface area contributed by atoms with Crippen molar-refractivity contribution in [3.8, 4) is 11.1 Å². The molecule has 0 saturated heterocycles. The molecule has 7 heteroatoms. The Morgan fingerprint density at radius 2 is 1.67 bits per heavy atom. The van der Waals surface area contributed by atoms with E-state index >= 15 is 0 Å². The van der Waals surface area contributed by atoms with Crippen molar-refractivity contribution < 1.29 is 19.2 Å². The Kier molecular flexibility index (Phi) is 3.84. The number of imide groups is 1. The number of hydroxylamine groups is 2. The highest BCUT2D eigenvalue weighted by Gasteiger charge is 2.38. The van der Waals surface area contributed by atoms with Gasteiger partial charge in [-0.05, 0) is 42.3 Å². The standard InChI is InChI=1S/C20H15N3O4/c1-12-7-8-13(9-17(12)14-10-21-22(2)11-14)20(26)27-23-18(24)15-5-3-4-6-16(15)19(23)25/h3-11H,1-2H3. The van der Waals surface area contributed by atoms with E-state index in [0.717, 1.165) is 16.7 Å². The number of benzene rings is 2. The highest BCUT2D eigenvalue weighted by atomic mass is 16.7. The zero-order chi connectivity index (χ0) is 19.1. The van der Waals surface area contributed by atoms with Gasteiger partial charge in [-0.3, -0.25) is 14.3 Å². The van der Waals surface area contributed by atoms with Crippen LogP contribution >= 0.6 is 0 Å². The minimum Gasteiger partial charge on any atom is -0.324 e. The second-order valence-electron chi connectivity index (χ2n) is 6.26. The van der Waals surface area contributed by atoms with Crippen LogP contribution in [-0.2, 0) is 11.9 Å². The highest BCUT2D eigenvalue weighted by molar-refractivity contribution is 6.21. The summed E-state index contributed by atoms with van der Waals surface area (Å²) in [6.45, 7) is 1.92. The third-order valence-corrected chi connectivity index (χ3v) is 4.42. The monoisotopic (exact) mass is 361 g/mol. The van der Waals surface area contributed by atoms with Crippen molar-refractivity contribution in [3.05, 3.63) is 77.1 Å². The zero-order valence-corrected chi connectivity index (χ0v) is 14.7. The van der Waals surface area contributed by atoms with Crippen molar-refractivity contribution in [1.29, 1.82) is 0 Å². The molecule has 0 fully saturated rings. The van der Waals surface area contributed by atoms with Crippen molar-refractivity contribution in [1.82, 2.24) is 14.8 Å². The van der Waals surface area contributed by atoms with Crippen LogP contribution in [0.2, 0.25) is 0 Å². The van der Waals surface area contributed by atoms with Gasteiger partial charge in [-0.15, -0.1) is 0 Å². The number of aryl methyl sites for hydroxylation is 2. The van der Waals surface area contributed by atoms with Crippen LogP contribution in [0.3, 0.4) is 0 Å². The van der Waals surface area contributed by atoms with E-state index in [9.17, 15) is 14.4 Å². The van der Waals surface area contributed by atoms with E-state index in [4.69, 9.17) is 4.84 Å². The maximum absolute atomic E-state index is 12.6. The van der Waals surface area contributed by atoms with Gasteiger partial charge in [-0.1, -0.05) is 23.3 Å². The summed E-state index contributed by atoms with van der Waals surface area (Å²) >= 11 is 0. The molecule has 2 aromatic carbocycles. The molecule has 4 rings (SSSR count). The quantitative estimate of drug-likeness (QED) is 0.670. The number of amides is 2. The lowest BCUT2D eigenvalue weighted by Gasteiger charge is -2.13. The van der Waals surface area contributed by atoms with Gasteiger partial charge in [0.1, 0.15) is 0 Å². The van der Waals surface area contributed by atoms with Crippen LogP contribution in [0.25, 0.3) is 11.1 Å². The summed E-state index contributed by atoms with van der Waals surface area (Å²) in [7, 11) is 1.80. The number of fused-ring (bicyclic) bond motifs is 1. The molecule has 3 aromatic rings. The summed E-state index contributed by atoms with van der Waals surface area (Å²) in [5.41, 5.74) is 3.30. The van der Waals surface area contributed by atoms with E-state index in [2.05, 4.69) is 5.10 Å². The van der Waals surface area contributed by atoms with Crippen LogP contribution in [0.5, 0.6) is 0 Å². The van der Waals surface area contributed by atoms with E-state index in [1.54, 1.807) is 48.3 Å². The second-order valence-corrected chi connectivity index (χ2v) is 6.26. The molecule has 0 aliphatic carbocycles. The molecule has 1 aromatic heterocycles. The van der Waals surface area contributed by atoms with Gasteiger partial charge in [-0.2, -0.15) is 5.10 Å². The molecule has 7 nitrogen and oxygen atoms in total. The van der Waals surface area contributed by atoms with E-state index in [0.29, 0.717) is 5.06 Å². The van der Waals surface area contributed by atoms with Gasteiger partial charge in [0.2, 0.25) is 0 Å². The topological polar surface area (TPSA) is 81.5 Å². The summed E-state index contributed by atoms with van der Waals surface area (Å²) in [5, 5.41) is 4.65. The number of aromatic nitrogens is 2. The van der Waals surface area contributed by atoms with Crippen molar-refractivity contribution in [2.45, 2.75) is 6.92 Å². The molecule has 27 heavy (non-hydrogen) atoms. The summed E-state index contributed by atoms with van der Waals surface area (Å²) in [6.07, 6.45) is 3.53. The summed E-state index contributed by atoms with van der Waals surface area (Å²) < 4.78 is 1.67. The molecule has 0 unspecified atom stereocenters. The number of carbonyl (C=O) groups is 3. The van der Waals surface area contributed by atoms with E-state index in [1.165, 1.54) is 12.1 Å². The minimum atomic E-state index is -0.783. The van der Waals surface area contributed by atoms with Crippen LogP contribution < -0.4 is 0 Å².